The van der Waals surface area contributed by atoms with E-state index in [1.807, 2.05) is 46.8 Å². The van der Waals surface area contributed by atoms with Gasteiger partial charge >= 0.3 is 0 Å². The van der Waals surface area contributed by atoms with Crippen LogP contribution in [-0.2, 0) is 6.42 Å². The lowest BCUT2D eigenvalue weighted by Crippen LogP contribution is -2.29. The molecule has 1 atom stereocenters. The molecule has 4 heterocycles. The van der Waals surface area contributed by atoms with Crippen molar-refractivity contribution in [2.75, 3.05) is 13.1 Å². The van der Waals surface area contributed by atoms with Gasteiger partial charge in [0.1, 0.15) is 11.3 Å². The quantitative estimate of drug-likeness (QED) is 0.744. The van der Waals surface area contributed by atoms with Crippen molar-refractivity contribution in [1.82, 2.24) is 19.3 Å². The van der Waals surface area contributed by atoms with Crippen molar-refractivity contribution in [2.45, 2.75) is 19.8 Å². The number of fused-ring (bicyclic) bond motifs is 1. The first-order chi connectivity index (χ1) is 11.2. The van der Waals surface area contributed by atoms with Gasteiger partial charge in [-0.2, -0.15) is 0 Å². The molecule has 3 aromatic rings. The van der Waals surface area contributed by atoms with Gasteiger partial charge in [-0.05, 0) is 31.4 Å². The van der Waals surface area contributed by atoms with Crippen LogP contribution in [0, 0.1) is 12.8 Å². The van der Waals surface area contributed by atoms with Crippen LogP contribution in [0.3, 0.4) is 0 Å². The normalized spacial score (nSPS) is 18.0. The third-order valence-corrected chi connectivity index (χ3v) is 5.28. The van der Waals surface area contributed by atoms with E-state index in [1.54, 1.807) is 11.3 Å². The molecule has 0 radical (unpaired) electrons. The molecule has 1 aliphatic heterocycles. The number of pyridine rings is 1. The molecular formula is C17H18N4OS. The molecule has 0 spiro atoms. The number of imidazole rings is 1. The van der Waals surface area contributed by atoms with Gasteiger partial charge < -0.3 is 9.30 Å². The summed E-state index contributed by atoms with van der Waals surface area (Å²) in [4.78, 5) is 23.5. The Labute approximate surface area is 138 Å². The topological polar surface area (TPSA) is 50.5 Å². The standard InChI is InChI=1S/C17H18N4OS/c1-12-11-23-16(18-12)8-13-5-7-21(9-13)17(22)14-10-20-6-3-2-4-15(20)19-14/h2-4,6,10-11,13H,5,7-9H2,1H3. The number of aryl methyl sites for hydroxylation is 1. The summed E-state index contributed by atoms with van der Waals surface area (Å²) in [5.41, 5.74) is 2.42. The summed E-state index contributed by atoms with van der Waals surface area (Å²) in [6.07, 6.45) is 5.73. The minimum Gasteiger partial charge on any atom is -0.337 e. The average molecular weight is 326 g/mol. The number of carbonyl (C=O) groups excluding carboxylic acids is 1. The van der Waals surface area contributed by atoms with Gasteiger partial charge in [0.15, 0.2) is 0 Å². The lowest BCUT2D eigenvalue weighted by Gasteiger charge is -2.14. The SMILES string of the molecule is Cc1csc(CC2CCN(C(=O)c3cn4ccccc4n3)C2)n1. The maximum Gasteiger partial charge on any atom is 0.274 e. The van der Waals surface area contributed by atoms with Crippen LogP contribution in [0.2, 0.25) is 0 Å². The molecule has 1 amide bonds. The molecule has 5 nitrogen and oxygen atoms in total. The third-order valence-electron chi connectivity index (χ3n) is 4.29. The first-order valence-corrected chi connectivity index (χ1v) is 8.71. The number of hydrogen-bond donors (Lipinski definition) is 0. The molecule has 0 aromatic carbocycles. The van der Waals surface area contributed by atoms with Crippen molar-refractivity contribution < 1.29 is 4.79 Å². The molecule has 0 saturated carbocycles. The summed E-state index contributed by atoms with van der Waals surface area (Å²) >= 11 is 1.72. The van der Waals surface area contributed by atoms with Crippen molar-refractivity contribution in [3.63, 3.8) is 0 Å². The predicted octanol–water partition coefficient (Wildman–Crippen LogP) is 2.80. The number of carbonyl (C=O) groups is 1. The van der Waals surface area contributed by atoms with E-state index in [9.17, 15) is 4.79 Å². The van der Waals surface area contributed by atoms with Crippen molar-refractivity contribution in [3.8, 4) is 0 Å². The van der Waals surface area contributed by atoms with Crippen molar-refractivity contribution in [3.05, 3.63) is 52.4 Å². The number of nitrogens with zero attached hydrogens (tertiary/aromatic N) is 4. The van der Waals surface area contributed by atoms with E-state index in [4.69, 9.17) is 0 Å². The Kier molecular flexibility index (Phi) is 3.61. The fourth-order valence-electron chi connectivity index (χ4n) is 3.13. The summed E-state index contributed by atoms with van der Waals surface area (Å²) in [6.45, 7) is 3.63. The first-order valence-electron chi connectivity index (χ1n) is 7.83. The molecule has 1 aliphatic rings. The summed E-state index contributed by atoms with van der Waals surface area (Å²) in [5.74, 6) is 0.535. The highest BCUT2D eigenvalue weighted by molar-refractivity contribution is 7.09. The van der Waals surface area contributed by atoms with Crippen molar-refractivity contribution in [1.29, 1.82) is 0 Å². The predicted molar refractivity (Wildman–Crippen MR) is 89.8 cm³/mol. The highest BCUT2D eigenvalue weighted by atomic mass is 32.1. The van der Waals surface area contributed by atoms with Crippen LogP contribution in [0.1, 0.15) is 27.6 Å². The van der Waals surface area contributed by atoms with E-state index in [0.29, 0.717) is 11.6 Å². The minimum absolute atomic E-state index is 0.0338. The van der Waals surface area contributed by atoms with Gasteiger partial charge in [0.25, 0.3) is 5.91 Å². The minimum atomic E-state index is 0.0338. The Morgan fingerprint density at radius 3 is 3.09 bits per heavy atom. The molecular weight excluding hydrogens is 308 g/mol. The Morgan fingerprint density at radius 2 is 2.30 bits per heavy atom. The van der Waals surface area contributed by atoms with Gasteiger partial charge in [-0.1, -0.05) is 6.07 Å². The maximum atomic E-state index is 12.7. The molecule has 1 saturated heterocycles. The average Bonchev–Trinajstić information content (AvgIpc) is 3.26. The van der Waals surface area contributed by atoms with E-state index in [2.05, 4.69) is 15.3 Å². The van der Waals surface area contributed by atoms with Gasteiger partial charge in [-0.3, -0.25) is 4.79 Å². The molecule has 0 bridgehead atoms. The fourth-order valence-corrected chi connectivity index (χ4v) is 4.01. The number of rotatable bonds is 3. The zero-order valence-corrected chi connectivity index (χ0v) is 13.8. The number of likely N-dealkylation sites (tertiary alicyclic amines) is 1. The molecule has 1 unspecified atom stereocenters. The zero-order chi connectivity index (χ0) is 15.8. The van der Waals surface area contributed by atoms with Gasteiger partial charge in [-0.15, -0.1) is 11.3 Å². The van der Waals surface area contributed by atoms with Crippen LogP contribution >= 0.6 is 11.3 Å². The second kappa shape index (κ2) is 5.77. The largest absolute Gasteiger partial charge is 0.337 e. The third kappa shape index (κ3) is 2.86. The Balaban J connectivity index is 1.45. The number of amides is 1. The zero-order valence-electron chi connectivity index (χ0n) is 13.0. The summed E-state index contributed by atoms with van der Waals surface area (Å²) < 4.78 is 1.89. The molecule has 23 heavy (non-hydrogen) atoms. The van der Waals surface area contributed by atoms with Gasteiger partial charge in [0.2, 0.25) is 0 Å². The van der Waals surface area contributed by atoms with Crippen molar-refractivity contribution >= 4 is 22.9 Å². The van der Waals surface area contributed by atoms with Crippen LogP contribution in [0.15, 0.2) is 36.0 Å². The number of hydrogen-bond acceptors (Lipinski definition) is 4. The van der Waals surface area contributed by atoms with Crippen molar-refractivity contribution in [2.24, 2.45) is 5.92 Å². The number of thiazole rings is 1. The highest BCUT2D eigenvalue weighted by Crippen LogP contribution is 2.24. The summed E-state index contributed by atoms with van der Waals surface area (Å²) in [5, 5.41) is 3.26. The first kappa shape index (κ1) is 14.4. The molecule has 6 heteroatoms. The van der Waals surface area contributed by atoms with E-state index in [0.717, 1.165) is 37.3 Å². The Hall–Kier alpha value is -2.21. The molecule has 118 valence electrons. The van der Waals surface area contributed by atoms with Crippen LogP contribution in [0.4, 0.5) is 0 Å². The van der Waals surface area contributed by atoms with E-state index in [1.165, 1.54) is 5.01 Å². The Morgan fingerprint density at radius 1 is 1.39 bits per heavy atom. The van der Waals surface area contributed by atoms with Gasteiger partial charge in [0, 0.05) is 43.0 Å². The Bertz CT molecular complexity index is 820. The van der Waals surface area contributed by atoms with E-state index in [-0.39, 0.29) is 5.91 Å². The van der Waals surface area contributed by atoms with Gasteiger partial charge in [0.05, 0.1) is 5.01 Å². The summed E-state index contributed by atoms with van der Waals surface area (Å²) in [7, 11) is 0. The fraction of sp³-hybridized carbons (Fsp3) is 0.353. The van der Waals surface area contributed by atoms with Gasteiger partial charge in [-0.25, -0.2) is 9.97 Å². The monoisotopic (exact) mass is 326 g/mol. The second-order valence-electron chi connectivity index (χ2n) is 6.08. The second-order valence-corrected chi connectivity index (χ2v) is 7.03. The maximum absolute atomic E-state index is 12.7. The summed E-state index contributed by atoms with van der Waals surface area (Å²) in [6, 6.07) is 5.78. The van der Waals surface area contributed by atoms with Crippen LogP contribution in [0.5, 0.6) is 0 Å². The van der Waals surface area contributed by atoms with E-state index >= 15 is 0 Å². The van der Waals surface area contributed by atoms with Crippen LogP contribution < -0.4 is 0 Å². The molecule has 4 rings (SSSR count). The highest BCUT2D eigenvalue weighted by Gasteiger charge is 2.28. The van der Waals surface area contributed by atoms with E-state index < -0.39 is 0 Å². The molecule has 0 aliphatic carbocycles. The molecule has 0 N–H and O–H groups in total. The molecule has 3 aromatic heterocycles. The number of aromatic nitrogens is 3. The lowest BCUT2D eigenvalue weighted by molar-refractivity contribution is 0.0782. The van der Waals surface area contributed by atoms with Crippen LogP contribution in [0.25, 0.3) is 5.65 Å². The molecule has 1 fully saturated rings. The van der Waals surface area contributed by atoms with Crippen LogP contribution in [-0.4, -0.2) is 38.3 Å². The lowest BCUT2D eigenvalue weighted by atomic mass is 10.1. The smallest absolute Gasteiger partial charge is 0.274 e.